The van der Waals surface area contributed by atoms with Crippen LogP contribution in [-0.4, -0.2) is 35.6 Å². The first-order chi connectivity index (χ1) is 15.0. The lowest BCUT2D eigenvalue weighted by molar-refractivity contribution is -0.164. The maximum atomic E-state index is 11.2. The largest absolute Gasteiger partial charge is 0.390 e. The molecule has 184 valence electrons. The van der Waals surface area contributed by atoms with Crippen LogP contribution >= 0.6 is 0 Å². The maximum absolute atomic E-state index is 11.2. The Morgan fingerprint density at radius 3 is 2.22 bits per heavy atom. The quantitative estimate of drug-likeness (QED) is 0.532. The molecule has 0 aromatic heterocycles. The summed E-state index contributed by atoms with van der Waals surface area (Å²) in [4.78, 5) is 0. The summed E-state index contributed by atoms with van der Waals surface area (Å²) < 4.78 is 6.27. The zero-order valence-electron chi connectivity index (χ0n) is 21.8. The molecule has 5 aliphatic carbocycles. The van der Waals surface area contributed by atoms with Crippen molar-refractivity contribution in [1.82, 2.24) is 0 Å². The second-order valence-corrected chi connectivity index (χ2v) is 13.9. The molecule has 0 aromatic rings. The van der Waals surface area contributed by atoms with Gasteiger partial charge in [0.25, 0.3) is 0 Å². The topological polar surface area (TPSA) is 49.7 Å². The lowest BCUT2D eigenvalue weighted by Crippen LogP contribution is -2.57. The van der Waals surface area contributed by atoms with Gasteiger partial charge in [-0.3, -0.25) is 0 Å². The van der Waals surface area contributed by atoms with Gasteiger partial charge in [-0.05, 0) is 110 Å². The predicted molar refractivity (Wildman–Crippen MR) is 129 cm³/mol. The molecule has 0 saturated heterocycles. The van der Waals surface area contributed by atoms with Crippen LogP contribution in [-0.2, 0) is 4.74 Å². The van der Waals surface area contributed by atoms with Crippen molar-refractivity contribution < 1.29 is 14.9 Å². The molecule has 0 bridgehead atoms. The number of ether oxygens (including phenoxy) is 1. The van der Waals surface area contributed by atoms with Gasteiger partial charge in [0.1, 0.15) is 0 Å². The summed E-state index contributed by atoms with van der Waals surface area (Å²) >= 11 is 0. The first-order valence-corrected chi connectivity index (χ1v) is 13.9. The summed E-state index contributed by atoms with van der Waals surface area (Å²) in [7, 11) is 1.98. The van der Waals surface area contributed by atoms with Crippen LogP contribution in [0.15, 0.2) is 0 Å². The van der Waals surface area contributed by atoms with Crippen LogP contribution in [0.1, 0.15) is 92.9 Å². The fourth-order valence-corrected chi connectivity index (χ4v) is 10.7. The standard InChI is InChI=1S/C29H50O3/c1-16(2)17(3)25(30)26(31)18(4)21-8-9-22-20-14-24(32-7)29-15-19(29)10-13-28(29,6)23(20)11-12-27(21,22)5/h16-26,30-31H,8-15H2,1-7H3/t17-,18+,19+,20+,21-,22+,23+,24-,25-,26-,27-,28-,29+/m1/s1. The molecular formula is C29H50O3. The molecule has 3 nitrogen and oxygen atoms in total. The average molecular weight is 447 g/mol. The highest BCUT2D eigenvalue weighted by Gasteiger charge is 2.77. The van der Waals surface area contributed by atoms with Gasteiger partial charge in [-0.15, -0.1) is 0 Å². The summed E-state index contributed by atoms with van der Waals surface area (Å²) in [5.74, 6) is 4.51. The first kappa shape index (κ1) is 23.6. The minimum Gasteiger partial charge on any atom is -0.390 e. The van der Waals surface area contributed by atoms with Gasteiger partial charge in [0.05, 0.1) is 18.3 Å². The van der Waals surface area contributed by atoms with Crippen molar-refractivity contribution in [2.24, 2.45) is 63.6 Å². The number of hydrogen-bond acceptors (Lipinski definition) is 3. The van der Waals surface area contributed by atoms with Crippen molar-refractivity contribution in [3.05, 3.63) is 0 Å². The van der Waals surface area contributed by atoms with Gasteiger partial charge >= 0.3 is 0 Å². The third-order valence-electron chi connectivity index (χ3n) is 13.0. The van der Waals surface area contributed by atoms with E-state index in [9.17, 15) is 10.2 Å². The summed E-state index contributed by atoms with van der Waals surface area (Å²) in [5, 5.41) is 22.1. The van der Waals surface area contributed by atoms with Crippen LogP contribution in [0, 0.1) is 63.6 Å². The summed E-state index contributed by atoms with van der Waals surface area (Å²) in [5.41, 5.74) is 1.27. The van der Waals surface area contributed by atoms with Gasteiger partial charge in [0.2, 0.25) is 0 Å². The third kappa shape index (κ3) is 2.89. The number of fused-ring (bicyclic) bond motifs is 4. The molecule has 0 radical (unpaired) electrons. The Kier molecular flexibility index (Phi) is 5.67. The van der Waals surface area contributed by atoms with E-state index in [1.54, 1.807) is 0 Å². The fraction of sp³-hybridized carbons (Fsp3) is 1.00. The monoisotopic (exact) mass is 446 g/mol. The fourth-order valence-electron chi connectivity index (χ4n) is 10.7. The van der Waals surface area contributed by atoms with Gasteiger partial charge in [0, 0.05) is 12.5 Å². The maximum Gasteiger partial charge on any atom is 0.0830 e. The molecule has 0 amide bonds. The van der Waals surface area contributed by atoms with Gasteiger partial charge in [0.15, 0.2) is 0 Å². The third-order valence-corrected chi connectivity index (χ3v) is 13.0. The summed E-state index contributed by atoms with van der Waals surface area (Å²) in [6.45, 7) is 13.8. The van der Waals surface area contributed by atoms with E-state index in [1.165, 1.54) is 51.4 Å². The van der Waals surface area contributed by atoms with Crippen molar-refractivity contribution in [3.8, 4) is 0 Å². The second-order valence-electron chi connectivity index (χ2n) is 13.9. The lowest BCUT2D eigenvalue weighted by atomic mass is 9.45. The molecule has 1 spiro atoms. The summed E-state index contributed by atoms with van der Waals surface area (Å²) in [6, 6.07) is 0. The molecule has 0 aliphatic heterocycles. The van der Waals surface area contributed by atoms with E-state index >= 15 is 0 Å². The molecule has 13 atom stereocenters. The van der Waals surface area contributed by atoms with Crippen LogP contribution < -0.4 is 0 Å². The van der Waals surface area contributed by atoms with E-state index in [0.717, 1.165) is 23.7 Å². The minimum absolute atomic E-state index is 0.124. The van der Waals surface area contributed by atoms with Crippen LogP contribution in [0.5, 0.6) is 0 Å². The average Bonchev–Trinajstić information content (AvgIpc) is 3.28. The number of rotatable bonds is 6. The molecule has 2 N–H and O–H groups in total. The van der Waals surface area contributed by atoms with E-state index in [0.29, 0.717) is 34.2 Å². The van der Waals surface area contributed by atoms with Crippen molar-refractivity contribution in [1.29, 1.82) is 0 Å². The lowest BCUT2D eigenvalue weighted by Gasteiger charge is -2.61. The smallest absolute Gasteiger partial charge is 0.0830 e. The molecule has 5 saturated carbocycles. The van der Waals surface area contributed by atoms with E-state index in [4.69, 9.17) is 4.74 Å². The van der Waals surface area contributed by atoms with E-state index in [1.807, 2.05) is 7.11 Å². The van der Waals surface area contributed by atoms with Crippen molar-refractivity contribution in [3.63, 3.8) is 0 Å². The van der Waals surface area contributed by atoms with Crippen LogP contribution in [0.25, 0.3) is 0 Å². The van der Waals surface area contributed by atoms with Gasteiger partial charge in [-0.1, -0.05) is 41.5 Å². The molecule has 5 fully saturated rings. The molecule has 32 heavy (non-hydrogen) atoms. The number of aliphatic hydroxyl groups excluding tert-OH is 2. The Morgan fingerprint density at radius 1 is 0.875 bits per heavy atom. The highest BCUT2D eigenvalue weighted by Crippen LogP contribution is 2.82. The van der Waals surface area contributed by atoms with E-state index < -0.39 is 12.2 Å². The van der Waals surface area contributed by atoms with Crippen LogP contribution in [0.3, 0.4) is 0 Å². The molecule has 5 aliphatic rings. The molecule has 5 rings (SSSR count). The molecule has 0 aromatic carbocycles. The molecule has 0 unspecified atom stereocenters. The van der Waals surface area contributed by atoms with Crippen LogP contribution in [0.4, 0.5) is 0 Å². The SMILES string of the molecule is CO[C@@H]1C[C@H]2[C@@H]3CC[C@H]([C@H](C)[C@@H](O)[C@H](O)[C@H](C)C(C)C)[C@@]3(C)CC[C@@H]2[C@@]2(C)CC[C@H]3C[C@]312. The second kappa shape index (κ2) is 7.69. The van der Waals surface area contributed by atoms with Gasteiger partial charge in [-0.25, -0.2) is 0 Å². The molecule has 0 heterocycles. The minimum atomic E-state index is -0.624. The first-order valence-electron chi connectivity index (χ1n) is 13.9. The number of aliphatic hydroxyl groups is 2. The number of methoxy groups -OCH3 is 1. The highest BCUT2D eigenvalue weighted by molar-refractivity contribution is 5.26. The Balaban J connectivity index is 1.38. The predicted octanol–water partition coefficient (Wildman–Crippen LogP) is 5.92. The van der Waals surface area contributed by atoms with Gasteiger partial charge < -0.3 is 14.9 Å². The normalized spacial score (nSPS) is 53.1. The molecule has 3 heteroatoms. The zero-order chi connectivity index (χ0) is 23.2. The Hall–Kier alpha value is -0.120. The van der Waals surface area contributed by atoms with Crippen molar-refractivity contribution in [2.45, 2.75) is 111 Å². The van der Waals surface area contributed by atoms with E-state index in [2.05, 4.69) is 41.5 Å². The van der Waals surface area contributed by atoms with Crippen LogP contribution in [0.2, 0.25) is 0 Å². The van der Waals surface area contributed by atoms with Crippen molar-refractivity contribution in [2.75, 3.05) is 7.11 Å². The summed E-state index contributed by atoms with van der Waals surface area (Å²) in [6.07, 6.45) is 9.94. The Morgan fingerprint density at radius 2 is 1.59 bits per heavy atom. The van der Waals surface area contributed by atoms with E-state index in [-0.39, 0.29) is 11.8 Å². The highest BCUT2D eigenvalue weighted by atomic mass is 16.5. The molecular weight excluding hydrogens is 396 g/mol. The Labute approximate surface area is 197 Å². The Bertz CT molecular complexity index is 721. The van der Waals surface area contributed by atoms with Crippen molar-refractivity contribution >= 4 is 0 Å². The zero-order valence-corrected chi connectivity index (χ0v) is 21.8. The van der Waals surface area contributed by atoms with Gasteiger partial charge in [-0.2, -0.15) is 0 Å². The number of hydrogen-bond donors (Lipinski definition) is 2.